The molecule has 0 amide bonds. The first kappa shape index (κ1) is 13.1. The molecule has 0 radical (unpaired) electrons. The van der Waals surface area contributed by atoms with Crippen LogP contribution in [0.2, 0.25) is 0 Å². The number of esters is 1. The number of hydrogen-bond acceptors (Lipinski definition) is 5. The van der Waals surface area contributed by atoms with E-state index in [0.717, 1.165) is 11.4 Å². The van der Waals surface area contributed by atoms with Crippen molar-refractivity contribution in [2.45, 2.75) is 13.3 Å². The molecule has 6 heteroatoms. The number of aromatic nitrogens is 3. The summed E-state index contributed by atoms with van der Waals surface area (Å²) >= 11 is 0. The molecule has 0 saturated carbocycles. The second-order valence-corrected chi connectivity index (χ2v) is 3.84. The van der Waals surface area contributed by atoms with Gasteiger partial charge in [-0.2, -0.15) is 0 Å². The molecule has 1 aromatic heterocycles. The molecule has 0 saturated heterocycles. The zero-order chi connectivity index (χ0) is 13.8. The van der Waals surface area contributed by atoms with Crippen molar-refractivity contribution in [1.29, 1.82) is 0 Å². The maximum Gasteiger partial charge on any atom is 0.360 e. The Morgan fingerprint density at radius 2 is 2.16 bits per heavy atom. The highest BCUT2D eigenvalue weighted by Gasteiger charge is 2.19. The molecule has 0 N–H and O–H groups in total. The van der Waals surface area contributed by atoms with Crippen LogP contribution in [0.4, 0.5) is 0 Å². The van der Waals surface area contributed by atoms with Crippen LogP contribution in [-0.4, -0.2) is 35.2 Å². The van der Waals surface area contributed by atoms with Crippen LogP contribution in [0, 0.1) is 0 Å². The summed E-state index contributed by atoms with van der Waals surface area (Å²) in [6, 6.07) is 7.40. The normalized spacial score (nSPS) is 10.3. The summed E-state index contributed by atoms with van der Waals surface area (Å²) in [4.78, 5) is 11.6. The third kappa shape index (κ3) is 2.42. The molecule has 0 aliphatic carbocycles. The smallest absolute Gasteiger partial charge is 0.360 e. The van der Waals surface area contributed by atoms with Gasteiger partial charge in [0, 0.05) is 6.07 Å². The van der Waals surface area contributed by atoms with E-state index in [4.69, 9.17) is 9.47 Å². The Morgan fingerprint density at radius 3 is 2.79 bits per heavy atom. The highest BCUT2D eigenvalue weighted by Crippen LogP contribution is 2.19. The van der Waals surface area contributed by atoms with Gasteiger partial charge in [0.2, 0.25) is 0 Å². The van der Waals surface area contributed by atoms with Crippen LogP contribution < -0.4 is 4.74 Å². The van der Waals surface area contributed by atoms with Crippen molar-refractivity contribution in [2.24, 2.45) is 0 Å². The monoisotopic (exact) mass is 261 g/mol. The van der Waals surface area contributed by atoms with Crippen molar-refractivity contribution >= 4 is 5.97 Å². The quantitative estimate of drug-likeness (QED) is 0.782. The Bertz CT molecular complexity index is 593. The van der Waals surface area contributed by atoms with Gasteiger partial charge in [0.1, 0.15) is 5.75 Å². The molecular weight excluding hydrogens is 246 g/mol. The van der Waals surface area contributed by atoms with Crippen molar-refractivity contribution in [3.05, 3.63) is 35.7 Å². The van der Waals surface area contributed by atoms with Crippen molar-refractivity contribution in [3.63, 3.8) is 0 Å². The summed E-state index contributed by atoms with van der Waals surface area (Å²) in [5.74, 6) is 0.237. The lowest BCUT2D eigenvalue weighted by atomic mass is 10.2. The predicted molar refractivity (Wildman–Crippen MR) is 68.6 cm³/mol. The molecule has 0 unspecified atom stereocenters. The van der Waals surface area contributed by atoms with Crippen molar-refractivity contribution in [2.75, 3.05) is 14.2 Å². The van der Waals surface area contributed by atoms with E-state index in [2.05, 4.69) is 10.3 Å². The van der Waals surface area contributed by atoms with Gasteiger partial charge in [-0.25, -0.2) is 9.48 Å². The molecule has 100 valence electrons. The van der Waals surface area contributed by atoms with E-state index in [1.165, 1.54) is 7.11 Å². The van der Waals surface area contributed by atoms with E-state index < -0.39 is 5.97 Å². The highest BCUT2D eigenvalue weighted by molar-refractivity contribution is 5.88. The number of carbonyl (C=O) groups excluding carboxylic acids is 1. The molecule has 0 aliphatic rings. The minimum atomic E-state index is -0.481. The van der Waals surface area contributed by atoms with Crippen molar-refractivity contribution < 1.29 is 14.3 Å². The summed E-state index contributed by atoms with van der Waals surface area (Å²) in [6.07, 6.45) is 0.620. The topological polar surface area (TPSA) is 66.2 Å². The van der Waals surface area contributed by atoms with Crippen molar-refractivity contribution in [1.82, 2.24) is 15.0 Å². The Labute approximate surface area is 110 Å². The van der Waals surface area contributed by atoms with E-state index in [1.807, 2.05) is 31.2 Å². The van der Waals surface area contributed by atoms with Gasteiger partial charge in [-0.15, -0.1) is 5.10 Å². The number of hydrogen-bond donors (Lipinski definition) is 0. The average Bonchev–Trinajstić information content (AvgIpc) is 2.90. The van der Waals surface area contributed by atoms with Gasteiger partial charge in [0.25, 0.3) is 0 Å². The van der Waals surface area contributed by atoms with E-state index in [0.29, 0.717) is 12.1 Å². The lowest BCUT2D eigenvalue weighted by molar-refractivity contribution is 0.0592. The molecule has 2 rings (SSSR count). The van der Waals surface area contributed by atoms with Crippen LogP contribution in [0.3, 0.4) is 0 Å². The first-order valence-corrected chi connectivity index (χ1v) is 5.88. The Morgan fingerprint density at radius 1 is 1.37 bits per heavy atom. The van der Waals surface area contributed by atoms with Gasteiger partial charge < -0.3 is 9.47 Å². The number of rotatable bonds is 4. The van der Waals surface area contributed by atoms with E-state index >= 15 is 0 Å². The number of benzene rings is 1. The highest BCUT2D eigenvalue weighted by atomic mass is 16.5. The third-order valence-corrected chi connectivity index (χ3v) is 2.77. The lowest BCUT2D eigenvalue weighted by Crippen LogP contribution is -2.08. The predicted octanol–water partition coefficient (Wildman–Crippen LogP) is 1.62. The Balaban J connectivity index is 2.50. The molecule has 0 spiro atoms. The fourth-order valence-electron chi connectivity index (χ4n) is 1.82. The van der Waals surface area contributed by atoms with Crippen LogP contribution in [0.15, 0.2) is 24.3 Å². The summed E-state index contributed by atoms with van der Waals surface area (Å²) in [5, 5.41) is 7.90. The van der Waals surface area contributed by atoms with E-state index in [9.17, 15) is 4.79 Å². The summed E-state index contributed by atoms with van der Waals surface area (Å²) in [5.41, 5.74) is 1.74. The van der Waals surface area contributed by atoms with E-state index in [-0.39, 0.29) is 5.69 Å². The largest absolute Gasteiger partial charge is 0.497 e. The molecule has 1 heterocycles. The zero-order valence-corrected chi connectivity index (χ0v) is 11.1. The second-order valence-electron chi connectivity index (χ2n) is 3.84. The fraction of sp³-hybridized carbons (Fsp3) is 0.308. The molecule has 1 aromatic carbocycles. The van der Waals surface area contributed by atoms with Crippen molar-refractivity contribution in [3.8, 4) is 11.4 Å². The Kier molecular flexibility index (Phi) is 3.79. The molecule has 0 aliphatic heterocycles. The average molecular weight is 261 g/mol. The van der Waals surface area contributed by atoms with Gasteiger partial charge >= 0.3 is 5.97 Å². The number of carbonyl (C=O) groups is 1. The summed E-state index contributed by atoms with van der Waals surface area (Å²) < 4.78 is 11.5. The SMILES string of the molecule is CCc1c(C(=O)OC)nnn1-c1cccc(OC)c1. The second kappa shape index (κ2) is 5.51. The van der Waals surface area contributed by atoms with Gasteiger partial charge in [0.05, 0.1) is 25.6 Å². The van der Waals surface area contributed by atoms with Gasteiger partial charge in [-0.3, -0.25) is 0 Å². The molecule has 0 bridgehead atoms. The van der Waals surface area contributed by atoms with Gasteiger partial charge in [-0.05, 0) is 18.6 Å². The first-order valence-electron chi connectivity index (χ1n) is 5.88. The minimum Gasteiger partial charge on any atom is -0.497 e. The molecular formula is C13H15N3O3. The summed E-state index contributed by atoms with van der Waals surface area (Å²) in [6.45, 7) is 1.93. The number of ether oxygens (including phenoxy) is 2. The van der Waals surface area contributed by atoms with Crippen LogP contribution >= 0.6 is 0 Å². The lowest BCUT2D eigenvalue weighted by Gasteiger charge is -2.07. The maximum absolute atomic E-state index is 11.6. The van der Waals surface area contributed by atoms with Crippen LogP contribution in [0.1, 0.15) is 23.1 Å². The van der Waals surface area contributed by atoms with Crippen LogP contribution in [-0.2, 0) is 11.2 Å². The van der Waals surface area contributed by atoms with Gasteiger partial charge in [-0.1, -0.05) is 18.2 Å². The maximum atomic E-state index is 11.6. The van der Waals surface area contributed by atoms with Crippen LogP contribution in [0.5, 0.6) is 5.75 Å². The van der Waals surface area contributed by atoms with Crippen LogP contribution in [0.25, 0.3) is 5.69 Å². The molecule has 6 nitrogen and oxygen atoms in total. The Hall–Kier alpha value is -2.37. The standard InChI is InChI=1S/C13H15N3O3/c1-4-11-12(13(17)19-3)14-15-16(11)9-6-5-7-10(8-9)18-2/h5-8H,4H2,1-3H3. The summed E-state index contributed by atoms with van der Waals surface area (Å²) in [7, 11) is 2.92. The minimum absolute atomic E-state index is 0.243. The number of nitrogens with zero attached hydrogens (tertiary/aromatic N) is 3. The first-order chi connectivity index (χ1) is 9.21. The molecule has 19 heavy (non-hydrogen) atoms. The molecule has 0 fully saturated rings. The molecule has 2 aromatic rings. The van der Waals surface area contributed by atoms with E-state index in [1.54, 1.807) is 11.8 Å². The number of methoxy groups -OCH3 is 2. The zero-order valence-electron chi connectivity index (χ0n) is 11.1. The fourth-order valence-corrected chi connectivity index (χ4v) is 1.82. The third-order valence-electron chi connectivity index (χ3n) is 2.77. The molecule has 0 atom stereocenters. The van der Waals surface area contributed by atoms with Gasteiger partial charge in [0.15, 0.2) is 5.69 Å².